The number of halogens is 5. The van der Waals surface area contributed by atoms with Crippen molar-refractivity contribution in [2.75, 3.05) is 12.3 Å². The summed E-state index contributed by atoms with van der Waals surface area (Å²) in [6, 6.07) is 5.91. The predicted octanol–water partition coefficient (Wildman–Crippen LogP) is 3.20. The quantitative estimate of drug-likeness (QED) is 0.481. The van der Waals surface area contributed by atoms with Gasteiger partial charge in [0.25, 0.3) is 11.8 Å². The second kappa shape index (κ2) is 7.94. The first-order valence-corrected chi connectivity index (χ1v) is 10.0. The Morgan fingerprint density at radius 2 is 2.06 bits per heavy atom. The van der Waals surface area contributed by atoms with Crippen molar-refractivity contribution in [3.05, 3.63) is 47.4 Å². The summed E-state index contributed by atoms with van der Waals surface area (Å²) < 4.78 is 71.1. The van der Waals surface area contributed by atoms with Gasteiger partial charge in [-0.15, -0.1) is 5.10 Å². The minimum Gasteiger partial charge on any atom is -0.386 e. The van der Waals surface area contributed by atoms with Gasteiger partial charge in [0.1, 0.15) is 11.9 Å². The standard InChI is InChI=1S/C21H20F5N5O2/c1-10-2-3-13(11-4-5-31-14(6-11)29-19(27)30-31)16(22)15(10)18(33)28-9-21(25,26)17(32)12-7-20(23,24)8-12/h2-6,12,17,32H,7-9H2,1H3,(H2,27,30)(H,28,33)/t17-/m1/s1. The van der Waals surface area contributed by atoms with E-state index in [0.717, 1.165) is 0 Å². The van der Waals surface area contributed by atoms with Gasteiger partial charge in [-0.25, -0.2) is 26.5 Å². The van der Waals surface area contributed by atoms with E-state index in [1.165, 1.54) is 41.9 Å². The lowest BCUT2D eigenvalue weighted by Crippen LogP contribution is -2.53. The zero-order valence-electron chi connectivity index (χ0n) is 17.3. The summed E-state index contributed by atoms with van der Waals surface area (Å²) in [6.45, 7) is 0.108. The van der Waals surface area contributed by atoms with Crippen molar-refractivity contribution in [1.29, 1.82) is 0 Å². The Morgan fingerprint density at radius 1 is 1.36 bits per heavy atom. The van der Waals surface area contributed by atoms with Crippen molar-refractivity contribution in [1.82, 2.24) is 19.9 Å². The van der Waals surface area contributed by atoms with Crippen LogP contribution in [-0.2, 0) is 0 Å². The number of nitrogens with zero attached hydrogens (tertiary/aromatic N) is 3. The van der Waals surface area contributed by atoms with Crippen LogP contribution < -0.4 is 11.1 Å². The van der Waals surface area contributed by atoms with Gasteiger partial charge in [0.15, 0.2) is 5.65 Å². The van der Waals surface area contributed by atoms with Crippen molar-refractivity contribution in [2.45, 2.75) is 37.7 Å². The number of nitrogen functional groups attached to an aromatic ring is 1. The maximum Gasteiger partial charge on any atom is 0.290 e. The van der Waals surface area contributed by atoms with Crippen molar-refractivity contribution < 1.29 is 31.9 Å². The number of hydrogen-bond acceptors (Lipinski definition) is 5. The summed E-state index contributed by atoms with van der Waals surface area (Å²) in [5.41, 5.74) is 6.01. The molecular weight excluding hydrogens is 449 g/mol. The van der Waals surface area contributed by atoms with Gasteiger partial charge < -0.3 is 16.2 Å². The molecule has 1 fully saturated rings. The summed E-state index contributed by atoms with van der Waals surface area (Å²) in [5.74, 6) is -10.3. The Labute approximate surface area is 184 Å². The Morgan fingerprint density at radius 3 is 2.73 bits per heavy atom. The fraction of sp³-hybridized carbons (Fsp3) is 0.381. The predicted molar refractivity (Wildman–Crippen MR) is 108 cm³/mol. The highest BCUT2D eigenvalue weighted by Gasteiger charge is 2.55. The number of nitrogens with two attached hydrogens (primary N) is 1. The van der Waals surface area contributed by atoms with Crippen LogP contribution in [-0.4, -0.2) is 50.1 Å². The third kappa shape index (κ3) is 4.34. The lowest BCUT2D eigenvalue weighted by atomic mass is 9.76. The van der Waals surface area contributed by atoms with Gasteiger partial charge in [-0.3, -0.25) is 4.79 Å². The number of rotatable bonds is 6. The zero-order chi connectivity index (χ0) is 24.1. The fourth-order valence-electron chi connectivity index (χ4n) is 3.91. The molecule has 4 N–H and O–H groups in total. The van der Waals surface area contributed by atoms with Crippen LogP contribution in [0.25, 0.3) is 16.8 Å². The van der Waals surface area contributed by atoms with Crippen molar-refractivity contribution in [3.63, 3.8) is 0 Å². The molecule has 33 heavy (non-hydrogen) atoms. The maximum atomic E-state index is 15.3. The van der Waals surface area contributed by atoms with E-state index in [4.69, 9.17) is 5.73 Å². The molecule has 0 radical (unpaired) electrons. The van der Waals surface area contributed by atoms with E-state index < -0.39 is 60.5 Å². The molecular formula is C21H20F5N5O2. The van der Waals surface area contributed by atoms with Crippen LogP contribution in [0.4, 0.5) is 27.9 Å². The average molecular weight is 469 g/mol. The third-order valence-corrected chi connectivity index (χ3v) is 5.73. The number of aromatic nitrogens is 3. The number of aliphatic hydroxyl groups excluding tert-OH is 1. The highest BCUT2D eigenvalue weighted by molar-refractivity contribution is 5.97. The molecule has 0 bridgehead atoms. The Kier molecular flexibility index (Phi) is 5.51. The normalized spacial score (nSPS) is 17.1. The Hall–Kier alpha value is -3.28. The number of aryl methyl sites for hydroxylation is 1. The van der Waals surface area contributed by atoms with Gasteiger partial charge in [-0.1, -0.05) is 12.1 Å². The zero-order valence-corrected chi connectivity index (χ0v) is 17.3. The van der Waals surface area contributed by atoms with Crippen LogP contribution in [0.15, 0.2) is 30.5 Å². The van der Waals surface area contributed by atoms with Crippen LogP contribution in [0, 0.1) is 18.7 Å². The second-order valence-electron chi connectivity index (χ2n) is 8.22. The van der Waals surface area contributed by atoms with Gasteiger partial charge in [0, 0.05) is 30.5 Å². The number of carbonyl (C=O) groups is 1. The molecule has 0 unspecified atom stereocenters. The van der Waals surface area contributed by atoms with E-state index in [0.29, 0.717) is 11.2 Å². The summed E-state index contributed by atoms with van der Waals surface area (Å²) in [4.78, 5) is 16.6. The van der Waals surface area contributed by atoms with Crippen LogP contribution in [0.3, 0.4) is 0 Å². The summed E-state index contributed by atoms with van der Waals surface area (Å²) in [7, 11) is 0. The molecule has 7 nitrogen and oxygen atoms in total. The summed E-state index contributed by atoms with van der Waals surface area (Å²) in [6.07, 6.45) is -2.55. The van der Waals surface area contributed by atoms with Crippen molar-refractivity contribution in [3.8, 4) is 11.1 Å². The minimum atomic E-state index is -3.86. The smallest absolute Gasteiger partial charge is 0.290 e. The van der Waals surface area contributed by atoms with Crippen LogP contribution >= 0.6 is 0 Å². The number of hydrogen-bond donors (Lipinski definition) is 3. The van der Waals surface area contributed by atoms with E-state index in [1.807, 2.05) is 5.32 Å². The van der Waals surface area contributed by atoms with E-state index in [-0.39, 0.29) is 17.1 Å². The number of anilines is 1. The molecule has 3 aromatic rings. The first-order chi connectivity index (χ1) is 15.4. The van der Waals surface area contributed by atoms with E-state index in [2.05, 4.69) is 10.1 Å². The number of aliphatic hydroxyl groups is 1. The SMILES string of the molecule is Cc1ccc(-c2ccn3nc(N)nc3c2)c(F)c1C(=O)NCC(F)(F)[C@H](O)C1CC(F)(F)C1. The largest absolute Gasteiger partial charge is 0.386 e. The molecule has 0 spiro atoms. The third-order valence-electron chi connectivity index (χ3n) is 5.73. The molecule has 4 rings (SSSR count). The number of benzene rings is 1. The molecule has 12 heteroatoms. The fourth-order valence-corrected chi connectivity index (χ4v) is 3.91. The lowest BCUT2D eigenvalue weighted by molar-refractivity contribution is -0.197. The van der Waals surface area contributed by atoms with Crippen LogP contribution in [0.5, 0.6) is 0 Å². The Bertz CT molecular complexity index is 1220. The van der Waals surface area contributed by atoms with E-state index >= 15 is 4.39 Å². The Balaban J connectivity index is 1.54. The van der Waals surface area contributed by atoms with Crippen LogP contribution in [0.2, 0.25) is 0 Å². The van der Waals surface area contributed by atoms with Crippen LogP contribution in [0.1, 0.15) is 28.8 Å². The monoisotopic (exact) mass is 469 g/mol. The average Bonchev–Trinajstić information content (AvgIpc) is 3.09. The highest BCUT2D eigenvalue weighted by atomic mass is 19.3. The molecule has 1 aliphatic carbocycles. The van der Waals surface area contributed by atoms with E-state index in [1.54, 1.807) is 0 Å². The molecule has 2 heterocycles. The van der Waals surface area contributed by atoms with Gasteiger partial charge in [-0.05, 0) is 30.2 Å². The minimum absolute atomic E-state index is 0.0188. The number of pyridine rings is 1. The molecule has 1 atom stereocenters. The molecule has 1 aliphatic rings. The number of amides is 1. The topological polar surface area (TPSA) is 106 Å². The molecule has 1 aromatic carbocycles. The summed E-state index contributed by atoms with van der Waals surface area (Å²) in [5, 5.41) is 15.6. The number of alkyl halides is 4. The van der Waals surface area contributed by atoms with Crippen molar-refractivity contribution in [2.24, 2.45) is 5.92 Å². The molecule has 1 amide bonds. The number of carbonyl (C=O) groups excluding carboxylic acids is 1. The summed E-state index contributed by atoms with van der Waals surface area (Å²) >= 11 is 0. The highest BCUT2D eigenvalue weighted by Crippen LogP contribution is 2.46. The second-order valence-corrected chi connectivity index (χ2v) is 8.22. The maximum absolute atomic E-state index is 15.3. The first kappa shape index (κ1) is 22.9. The van der Waals surface area contributed by atoms with Gasteiger partial charge in [0.05, 0.1) is 12.1 Å². The molecule has 0 saturated heterocycles. The van der Waals surface area contributed by atoms with Gasteiger partial charge in [0.2, 0.25) is 11.9 Å². The number of fused-ring (bicyclic) bond motifs is 1. The van der Waals surface area contributed by atoms with Gasteiger partial charge in [-0.2, -0.15) is 4.98 Å². The number of nitrogens with one attached hydrogen (secondary N) is 1. The molecule has 0 aliphatic heterocycles. The lowest BCUT2D eigenvalue weighted by Gasteiger charge is -2.40. The first-order valence-electron chi connectivity index (χ1n) is 10.0. The van der Waals surface area contributed by atoms with Crippen molar-refractivity contribution >= 4 is 17.5 Å². The van der Waals surface area contributed by atoms with Gasteiger partial charge >= 0.3 is 0 Å². The molecule has 1 saturated carbocycles. The molecule has 176 valence electrons. The molecule has 2 aromatic heterocycles. The van der Waals surface area contributed by atoms with E-state index in [9.17, 15) is 27.5 Å².